The number of anilines is 1. The molecule has 186 valence electrons. The van der Waals surface area contributed by atoms with Gasteiger partial charge in [-0.25, -0.2) is 9.78 Å². The van der Waals surface area contributed by atoms with Crippen LogP contribution in [0.25, 0.3) is 28.0 Å². The molecule has 0 amide bonds. The Kier molecular flexibility index (Phi) is 6.04. The minimum absolute atomic E-state index is 0.217. The van der Waals surface area contributed by atoms with Crippen LogP contribution in [0.2, 0.25) is 0 Å². The molecule has 0 radical (unpaired) electrons. The summed E-state index contributed by atoms with van der Waals surface area (Å²) in [4.78, 5) is 18.6. The van der Waals surface area contributed by atoms with Gasteiger partial charge in [0, 0.05) is 30.4 Å². The third-order valence-electron chi connectivity index (χ3n) is 7.34. The van der Waals surface area contributed by atoms with E-state index in [9.17, 15) is 15.0 Å². The number of hydrogen-bond donors (Lipinski definition) is 2. The van der Waals surface area contributed by atoms with Gasteiger partial charge in [0.2, 0.25) is 0 Å². The number of carbonyl (C=O) groups is 1. The van der Waals surface area contributed by atoms with Gasteiger partial charge in [-0.3, -0.25) is 0 Å². The fourth-order valence-electron chi connectivity index (χ4n) is 5.07. The van der Waals surface area contributed by atoms with Crippen LogP contribution in [0.15, 0.2) is 54.6 Å². The number of hydrogen-bond acceptors (Lipinski definition) is 5. The Morgan fingerprint density at radius 2 is 1.69 bits per heavy atom. The zero-order valence-corrected chi connectivity index (χ0v) is 21.2. The largest absolute Gasteiger partial charge is 0.479 e. The summed E-state index contributed by atoms with van der Waals surface area (Å²) in [7, 11) is 0. The summed E-state index contributed by atoms with van der Waals surface area (Å²) in [6, 6.07) is 18.5. The number of rotatable bonds is 5. The average molecular weight is 485 g/mol. The second-order valence-electron chi connectivity index (χ2n) is 10.5. The molecule has 2 aromatic heterocycles. The van der Waals surface area contributed by atoms with Crippen molar-refractivity contribution in [3.63, 3.8) is 0 Å². The molecule has 1 unspecified atom stereocenters. The van der Waals surface area contributed by atoms with Crippen molar-refractivity contribution in [1.29, 1.82) is 0 Å². The molecule has 0 saturated carbocycles. The van der Waals surface area contributed by atoms with E-state index in [1.807, 2.05) is 30.3 Å². The number of carboxylic acid groups (broad SMARTS) is 1. The van der Waals surface area contributed by atoms with Crippen molar-refractivity contribution >= 4 is 17.4 Å². The molecule has 36 heavy (non-hydrogen) atoms. The molecule has 1 aliphatic heterocycles. The molecule has 4 aromatic rings. The molecule has 2 aromatic carbocycles. The Morgan fingerprint density at radius 1 is 1.00 bits per heavy atom. The summed E-state index contributed by atoms with van der Waals surface area (Å²) in [5.41, 5.74) is 6.81. The maximum absolute atomic E-state index is 11.8. The normalized spacial score (nSPS) is 16.3. The van der Waals surface area contributed by atoms with Gasteiger partial charge < -0.3 is 15.1 Å². The van der Waals surface area contributed by atoms with Crippen LogP contribution in [0.5, 0.6) is 0 Å². The van der Waals surface area contributed by atoms with Crippen LogP contribution in [0.4, 0.5) is 5.82 Å². The van der Waals surface area contributed by atoms with Crippen molar-refractivity contribution < 1.29 is 15.0 Å². The topological polar surface area (TPSA) is 91.0 Å². The molecule has 7 heteroatoms. The van der Waals surface area contributed by atoms with Crippen molar-refractivity contribution in [2.45, 2.75) is 46.6 Å². The minimum atomic E-state index is -1.68. The van der Waals surface area contributed by atoms with Crippen LogP contribution in [0, 0.1) is 19.3 Å². The van der Waals surface area contributed by atoms with E-state index in [1.165, 1.54) is 11.1 Å². The number of aryl methyl sites for hydroxylation is 2. The van der Waals surface area contributed by atoms with Crippen molar-refractivity contribution in [3.8, 4) is 22.4 Å². The lowest BCUT2D eigenvalue weighted by Gasteiger charge is -2.39. The highest BCUT2D eigenvalue weighted by atomic mass is 16.4. The van der Waals surface area contributed by atoms with E-state index in [0.29, 0.717) is 22.7 Å². The predicted octanol–water partition coefficient (Wildman–Crippen LogP) is 5.42. The smallest absolute Gasteiger partial charge is 0.337 e. The van der Waals surface area contributed by atoms with Crippen LogP contribution in [0.3, 0.4) is 0 Å². The fourth-order valence-corrected chi connectivity index (χ4v) is 5.07. The highest BCUT2D eigenvalue weighted by Gasteiger charge is 2.33. The van der Waals surface area contributed by atoms with E-state index < -0.39 is 12.1 Å². The highest BCUT2D eigenvalue weighted by molar-refractivity contribution is 5.79. The van der Waals surface area contributed by atoms with Crippen LogP contribution in [-0.2, 0) is 4.79 Å². The molecular weight excluding hydrogens is 452 g/mol. The Hall–Kier alpha value is -3.71. The molecule has 1 aliphatic rings. The van der Waals surface area contributed by atoms with E-state index in [4.69, 9.17) is 5.10 Å². The number of piperidine rings is 1. The molecule has 0 aliphatic carbocycles. The fraction of sp³-hybridized carbons (Fsp3) is 0.345. The Labute approximate surface area is 211 Å². The molecular formula is C29H32N4O3. The Balaban J connectivity index is 1.66. The first-order chi connectivity index (χ1) is 17.1. The van der Waals surface area contributed by atoms with Gasteiger partial charge in [-0.05, 0) is 54.9 Å². The first kappa shape index (κ1) is 24.0. The number of aromatic nitrogens is 3. The third kappa shape index (κ3) is 4.35. The highest BCUT2D eigenvalue weighted by Crippen LogP contribution is 2.37. The summed E-state index contributed by atoms with van der Waals surface area (Å²) in [6.45, 7) is 9.85. The van der Waals surface area contributed by atoms with E-state index in [2.05, 4.69) is 54.9 Å². The molecule has 7 nitrogen and oxygen atoms in total. The van der Waals surface area contributed by atoms with Crippen molar-refractivity contribution in [2.75, 3.05) is 18.0 Å². The van der Waals surface area contributed by atoms with Crippen molar-refractivity contribution in [1.82, 2.24) is 14.6 Å². The number of nitrogens with zero attached hydrogens (tertiary/aromatic N) is 4. The van der Waals surface area contributed by atoms with Gasteiger partial charge >= 0.3 is 5.97 Å². The predicted molar refractivity (Wildman–Crippen MR) is 141 cm³/mol. The quantitative estimate of drug-likeness (QED) is 0.393. The van der Waals surface area contributed by atoms with E-state index in [0.717, 1.165) is 42.8 Å². The molecule has 0 bridgehead atoms. The Morgan fingerprint density at radius 3 is 2.39 bits per heavy atom. The van der Waals surface area contributed by atoms with E-state index in [-0.39, 0.29) is 5.41 Å². The summed E-state index contributed by atoms with van der Waals surface area (Å²) < 4.78 is 1.71. The van der Waals surface area contributed by atoms with Gasteiger partial charge in [-0.1, -0.05) is 56.3 Å². The number of aliphatic hydroxyl groups is 1. The lowest BCUT2D eigenvalue weighted by molar-refractivity contribution is -0.147. The van der Waals surface area contributed by atoms with Gasteiger partial charge in [0.15, 0.2) is 11.8 Å². The van der Waals surface area contributed by atoms with Gasteiger partial charge in [0.1, 0.15) is 5.82 Å². The van der Waals surface area contributed by atoms with Crippen LogP contribution in [-0.4, -0.2) is 43.9 Å². The minimum Gasteiger partial charge on any atom is -0.479 e. The van der Waals surface area contributed by atoms with Gasteiger partial charge in [-0.2, -0.15) is 9.61 Å². The standard InChI is InChI=1S/C29H32N4O3/c1-18-8-5-6-11-22(18)20-9-7-10-21(16-20)23-17-24-30-19(2)25(26(34)28(35)36)27(33(24)31-23)32-14-12-29(3,4)13-15-32/h5-11,16-17,26,34H,12-15H2,1-4H3,(H,35,36). The maximum Gasteiger partial charge on any atom is 0.337 e. The van der Waals surface area contributed by atoms with Crippen LogP contribution < -0.4 is 4.90 Å². The second kappa shape index (κ2) is 9.06. The first-order valence-electron chi connectivity index (χ1n) is 12.4. The number of fused-ring (bicyclic) bond motifs is 1. The molecule has 5 rings (SSSR count). The summed E-state index contributed by atoms with van der Waals surface area (Å²) >= 11 is 0. The second-order valence-corrected chi connectivity index (χ2v) is 10.5. The lowest BCUT2D eigenvalue weighted by atomic mass is 9.82. The van der Waals surface area contributed by atoms with Gasteiger partial charge in [0.25, 0.3) is 0 Å². The summed E-state index contributed by atoms with van der Waals surface area (Å²) in [5.74, 6) is -0.680. The van der Waals surface area contributed by atoms with Crippen molar-refractivity contribution in [2.24, 2.45) is 5.41 Å². The number of carboxylic acids is 1. The zero-order chi connectivity index (χ0) is 25.6. The first-order valence-corrected chi connectivity index (χ1v) is 12.4. The Bertz CT molecular complexity index is 1450. The van der Waals surface area contributed by atoms with E-state index in [1.54, 1.807) is 11.4 Å². The molecule has 1 fully saturated rings. The molecule has 3 heterocycles. The number of benzene rings is 2. The zero-order valence-electron chi connectivity index (χ0n) is 21.2. The molecule has 1 atom stereocenters. The van der Waals surface area contributed by atoms with Gasteiger partial charge in [0.05, 0.1) is 11.3 Å². The SMILES string of the molecule is Cc1ccccc1-c1cccc(-c2cc3nc(C)c(C(O)C(=O)O)c(N4CCC(C)(C)CC4)n3n2)c1. The number of aliphatic carboxylic acids is 1. The summed E-state index contributed by atoms with van der Waals surface area (Å²) in [5, 5.41) is 25.2. The average Bonchev–Trinajstić information content (AvgIpc) is 3.27. The molecule has 1 saturated heterocycles. The molecule has 0 spiro atoms. The lowest BCUT2D eigenvalue weighted by Crippen LogP contribution is -2.39. The number of aliphatic hydroxyl groups excluding tert-OH is 1. The monoisotopic (exact) mass is 484 g/mol. The van der Waals surface area contributed by atoms with Crippen molar-refractivity contribution in [3.05, 3.63) is 71.4 Å². The molecule has 2 N–H and O–H groups in total. The van der Waals surface area contributed by atoms with Gasteiger partial charge in [-0.15, -0.1) is 0 Å². The summed E-state index contributed by atoms with van der Waals surface area (Å²) in [6.07, 6.45) is 0.250. The van der Waals surface area contributed by atoms with E-state index >= 15 is 0 Å². The maximum atomic E-state index is 11.8. The van der Waals surface area contributed by atoms with Crippen LogP contribution in [0.1, 0.15) is 49.6 Å². The van der Waals surface area contributed by atoms with Crippen LogP contribution >= 0.6 is 0 Å². The third-order valence-corrected chi connectivity index (χ3v) is 7.34.